The van der Waals surface area contributed by atoms with Crippen LogP contribution >= 0.6 is 0 Å². The smallest absolute Gasteiger partial charge is 0.245 e. The van der Waals surface area contributed by atoms with Crippen molar-refractivity contribution in [2.45, 2.75) is 24.9 Å². The third-order valence-corrected chi connectivity index (χ3v) is 6.44. The van der Waals surface area contributed by atoms with Gasteiger partial charge in [-0.25, -0.2) is 8.42 Å². The molecule has 1 fully saturated rings. The number of methoxy groups -OCH3 is 1. The maximum absolute atomic E-state index is 13.2. The summed E-state index contributed by atoms with van der Waals surface area (Å²) in [5, 5.41) is 0. The molecule has 0 aromatic heterocycles. The zero-order valence-electron chi connectivity index (χ0n) is 15.0. The Balaban J connectivity index is 2.03. The summed E-state index contributed by atoms with van der Waals surface area (Å²) in [5.41, 5.74) is 1.72. The maximum Gasteiger partial charge on any atom is 0.245 e. The van der Waals surface area contributed by atoms with Crippen molar-refractivity contribution in [1.82, 2.24) is 9.21 Å². The summed E-state index contributed by atoms with van der Waals surface area (Å²) in [7, 11) is -2.16. The summed E-state index contributed by atoms with van der Waals surface area (Å²) in [6.07, 6.45) is -0.662. The van der Waals surface area contributed by atoms with E-state index < -0.39 is 16.2 Å². The van der Waals surface area contributed by atoms with Crippen LogP contribution in [0.5, 0.6) is 5.75 Å². The summed E-state index contributed by atoms with van der Waals surface area (Å²) in [4.78, 5) is 13.9. The molecule has 1 heterocycles. The lowest BCUT2D eigenvalue weighted by molar-refractivity contribution is -0.130. The van der Waals surface area contributed by atoms with Gasteiger partial charge < -0.3 is 9.64 Å². The van der Waals surface area contributed by atoms with Gasteiger partial charge >= 0.3 is 0 Å². The van der Waals surface area contributed by atoms with Crippen LogP contribution in [-0.4, -0.2) is 43.7 Å². The lowest BCUT2D eigenvalue weighted by Gasteiger charge is -2.29. The number of benzene rings is 2. The van der Waals surface area contributed by atoms with Crippen molar-refractivity contribution in [3.8, 4) is 5.75 Å². The number of nitrogens with zero attached hydrogens (tertiary/aromatic N) is 2. The summed E-state index contributed by atoms with van der Waals surface area (Å²) in [5.74, 6) is 0.515. The van der Waals surface area contributed by atoms with Gasteiger partial charge in [0.05, 0.1) is 12.0 Å². The van der Waals surface area contributed by atoms with Gasteiger partial charge in [0.15, 0.2) is 0 Å². The average Bonchev–Trinajstić information content (AvgIpc) is 3.08. The fraction of sp³-hybridized carbons (Fsp3) is 0.316. The molecule has 0 bridgehead atoms. The molecule has 138 valence electrons. The highest BCUT2D eigenvalue weighted by molar-refractivity contribution is 7.89. The number of sulfonamides is 1. The standard InChI is InChI=1S/C19H22N2O4S/c1-14-4-10-18(11-5-14)26(23,24)21-13-12-20(15(2)22)19(21)16-6-8-17(25-3)9-7-16/h4-11,19H,12-13H2,1-3H3/t19-/m1/s1. The fourth-order valence-corrected chi connectivity index (χ4v) is 4.73. The van der Waals surface area contributed by atoms with Crippen molar-refractivity contribution >= 4 is 15.9 Å². The molecular weight excluding hydrogens is 352 g/mol. The highest BCUT2D eigenvalue weighted by Gasteiger charge is 2.42. The Morgan fingerprint density at radius 1 is 1.04 bits per heavy atom. The minimum Gasteiger partial charge on any atom is -0.497 e. The normalized spacial score (nSPS) is 18.1. The molecule has 0 radical (unpaired) electrons. The molecule has 0 aliphatic carbocycles. The van der Waals surface area contributed by atoms with E-state index in [0.29, 0.717) is 12.3 Å². The Morgan fingerprint density at radius 2 is 1.65 bits per heavy atom. The number of carbonyl (C=O) groups excluding carboxylic acids is 1. The van der Waals surface area contributed by atoms with E-state index in [1.165, 1.54) is 11.2 Å². The molecule has 6 nitrogen and oxygen atoms in total. The Morgan fingerprint density at radius 3 is 2.19 bits per heavy atom. The van der Waals surface area contributed by atoms with Gasteiger partial charge in [0.25, 0.3) is 0 Å². The minimum atomic E-state index is -3.73. The molecule has 2 aromatic carbocycles. The summed E-state index contributed by atoms with van der Waals surface area (Å²) < 4.78 is 32.9. The van der Waals surface area contributed by atoms with E-state index in [1.807, 2.05) is 6.92 Å². The SMILES string of the molecule is COc1ccc([C@@H]2N(C(C)=O)CCN2S(=O)(=O)c2ccc(C)cc2)cc1. The molecule has 7 heteroatoms. The number of amides is 1. The van der Waals surface area contributed by atoms with Gasteiger partial charge in [0, 0.05) is 20.0 Å². The van der Waals surface area contributed by atoms with Crippen LogP contribution in [0.3, 0.4) is 0 Å². The van der Waals surface area contributed by atoms with Gasteiger partial charge in [0.2, 0.25) is 15.9 Å². The maximum atomic E-state index is 13.2. The second-order valence-electron chi connectivity index (χ2n) is 6.29. The van der Waals surface area contributed by atoms with E-state index in [4.69, 9.17) is 4.74 Å². The third-order valence-electron chi connectivity index (χ3n) is 4.58. The third kappa shape index (κ3) is 3.32. The fourth-order valence-electron chi connectivity index (χ4n) is 3.16. The van der Waals surface area contributed by atoms with Crippen molar-refractivity contribution in [3.05, 3.63) is 59.7 Å². The van der Waals surface area contributed by atoms with Gasteiger partial charge in [-0.2, -0.15) is 4.31 Å². The highest BCUT2D eigenvalue weighted by Crippen LogP contribution is 2.35. The first-order valence-electron chi connectivity index (χ1n) is 8.34. The van der Waals surface area contributed by atoms with Crippen molar-refractivity contribution in [2.24, 2.45) is 0 Å². The molecule has 0 spiro atoms. The van der Waals surface area contributed by atoms with E-state index >= 15 is 0 Å². The number of carbonyl (C=O) groups is 1. The molecule has 0 N–H and O–H groups in total. The van der Waals surface area contributed by atoms with Crippen LogP contribution in [0.4, 0.5) is 0 Å². The molecule has 26 heavy (non-hydrogen) atoms. The van der Waals surface area contributed by atoms with E-state index in [0.717, 1.165) is 11.1 Å². The molecule has 0 saturated carbocycles. The monoisotopic (exact) mass is 374 g/mol. The predicted octanol–water partition coefficient (Wildman–Crippen LogP) is 2.56. The van der Waals surface area contributed by atoms with Crippen LogP contribution in [0.2, 0.25) is 0 Å². The van der Waals surface area contributed by atoms with Crippen molar-refractivity contribution in [3.63, 3.8) is 0 Å². The zero-order valence-corrected chi connectivity index (χ0v) is 15.9. The van der Waals surface area contributed by atoms with Gasteiger partial charge in [0.1, 0.15) is 11.9 Å². The molecule has 3 rings (SSSR count). The van der Waals surface area contributed by atoms with Crippen molar-refractivity contribution < 1.29 is 17.9 Å². The van der Waals surface area contributed by atoms with Crippen LogP contribution < -0.4 is 4.74 Å². The van der Waals surface area contributed by atoms with E-state index in [9.17, 15) is 13.2 Å². The van der Waals surface area contributed by atoms with E-state index in [2.05, 4.69) is 0 Å². The van der Waals surface area contributed by atoms with Gasteiger partial charge in [-0.1, -0.05) is 29.8 Å². The first-order valence-corrected chi connectivity index (χ1v) is 9.78. The molecule has 1 aliphatic heterocycles. The Labute approximate surface area is 154 Å². The van der Waals surface area contributed by atoms with Crippen LogP contribution in [0, 0.1) is 6.92 Å². The molecule has 0 unspecified atom stereocenters. The van der Waals surface area contributed by atoms with Crippen molar-refractivity contribution in [1.29, 1.82) is 0 Å². The lowest BCUT2D eigenvalue weighted by Crippen LogP contribution is -2.37. The van der Waals surface area contributed by atoms with E-state index in [-0.39, 0.29) is 17.3 Å². The average molecular weight is 374 g/mol. The highest BCUT2D eigenvalue weighted by atomic mass is 32.2. The van der Waals surface area contributed by atoms with Crippen LogP contribution in [-0.2, 0) is 14.8 Å². The van der Waals surface area contributed by atoms with Gasteiger partial charge in [-0.05, 0) is 36.8 Å². The second-order valence-corrected chi connectivity index (χ2v) is 8.18. The van der Waals surface area contributed by atoms with Crippen LogP contribution in [0.15, 0.2) is 53.4 Å². The van der Waals surface area contributed by atoms with Gasteiger partial charge in [-0.3, -0.25) is 4.79 Å². The van der Waals surface area contributed by atoms with Crippen LogP contribution in [0.25, 0.3) is 0 Å². The topological polar surface area (TPSA) is 66.9 Å². The molecule has 1 aliphatic rings. The van der Waals surface area contributed by atoms with Gasteiger partial charge in [-0.15, -0.1) is 0 Å². The zero-order chi connectivity index (χ0) is 18.9. The Kier molecular flexibility index (Phi) is 5.02. The predicted molar refractivity (Wildman–Crippen MR) is 98.2 cm³/mol. The summed E-state index contributed by atoms with van der Waals surface area (Å²) >= 11 is 0. The Bertz CT molecular complexity index is 892. The Hall–Kier alpha value is -2.38. The summed E-state index contributed by atoms with van der Waals surface area (Å²) in [6, 6.07) is 13.9. The first kappa shape index (κ1) is 18.4. The molecule has 1 amide bonds. The molecule has 2 aromatic rings. The second kappa shape index (κ2) is 7.09. The largest absolute Gasteiger partial charge is 0.497 e. The molecule has 1 saturated heterocycles. The number of rotatable bonds is 4. The number of aryl methyl sites for hydroxylation is 1. The number of ether oxygens (including phenoxy) is 1. The van der Waals surface area contributed by atoms with Crippen LogP contribution in [0.1, 0.15) is 24.2 Å². The lowest BCUT2D eigenvalue weighted by atomic mass is 10.1. The molecule has 1 atom stereocenters. The summed E-state index contributed by atoms with van der Waals surface area (Å²) in [6.45, 7) is 3.98. The quantitative estimate of drug-likeness (QED) is 0.825. The van der Waals surface area contributed by atoms with Crippen molar-refractivity contribution in [2.75, 3.05) is 20.2 Å². The first-order chi connectivity index (χ1) is 12.3. The minimum absolute atomic E-state index is 0.160. The number of hydrogen-bond donors (Lipinski definition) is 0. The number of hydrogen-bond acceptors (Lipinski definition) is 4. The van der Waals surface area contributed by atoms with E-state index in [1.54, 1.807) is 60.5 Å². The molecular formula is C19H22N2O4S.